The number of hydrogen-bond donors (Lipinski definition) is 0. The third-order valence-corrected chi connectivity index (χ3v) is 5.30. The second-order valence-corrected chi connectivity index (χ2v) is 9.69. The van der Waals surface area contributed by atoms with Gasteiger partial charge in [0.15, 0.2) is 18.7 Å². The van der Waals surface area contributed by atoms with Crippen molar-refractivity contribution in [2.75, 3.05) is 26.2 Å². The lowest BCUT2D eigenvalue weighted by Gasteiger charge is -2.47. The van der Waals surface area contributed by atoms with E-state index in [9.17, 15) is 16.8 Å². The van der Waals surface area contributed by atoms with E-state index in [1.165, 1.54) is 7.11 Å². The molecule has 0 amide bonds. The first kappa shape index (κ1) is 21.6. The van der Waals surface area contributed by atoms with Gasteiger partial charge in [0.05, 0.1) is 19.1 Å². The van der Waals surface area contributed by atoms with Crippen LogP contribution < -0.4 is 0 Å². The van der Waals surface area contributed by atoms with Gasteiger partial charge < -0.3 is 18.9 Å². The van der Waals surface area contributed by atoms with Crippen LogP contribution in [0.1, 0.15) is 11.9 Å². The molecule has 0 aromatic heterocycles. The Labute approximate surface area is 163 Å². The fourth-order valence-electron chi connectivity index (χ4n) is 3.13. The van der Waals surface area contributed by atoms with E-state index in [1.807, 2.05) is 6.07 Å². The van der Waals surface area contributed by atoms with Gasteiger partial charge in [-0.25, -0.2) is 0 Å². The Morgan fingerprint density at radius 2 is 1.54 bits per heavy atom. The van der Waals surface area contributed by atoms with Crippen LogP contribution in [0.3, 0.4) is 0 Å². The van der Waals surface area contributed by atoms with Gasteiger partial charge in [-0.05, 0) is 0 Å². The molecule has 2 fully saturated rings. The Balaban J connectivity index is 1.93. The molecule has 10 nitrogen and oxygen atoms in total. The van der Waals surface area contributed by atoms with Crippen molar-refractivity contribution in [3.8, 4) is 0 Å². The van der Waals surface area contributed by atoms with E-state index in [-0.39, 0.29) is 6.61 Å². The maximum Gasteiger partial charge on any atom is 0.264 e. The maximum atomic E-state index is 11.8. The van der Waals surface area contributed by atoms with Gasteiger partial charge in [0.1, 0.15) is 18.3 Å². The number of methoxy groups -OCH3 is 1. The van der Waals surface area contributed by atoms with E-state index in [1.54, 1.807) is 24.3 Å². The van der Waals surface area contributed by atoms with Crippen LogP contribution in [-0.2, 0) is 47.5 Å². The summed E-state index contributed by atoms with van der Waals surface area (Å²) in [7, 11) is -6.69. The van der Waals surface area contributed by atoms with E-state index >= 15 is 0 Å². The van der Waals surface area contributed by atoms with Crippen LogP contribution in [0, 0.1) is 0 Å². The number of hydrogen-bond acceptors (Lipinski definition) is 10. The number of rotatable bonds is 6. The van der Waals surface area contributed by atoms with Gasteiger partial charge in [-0.2, -0.15) is 16.8 Å². The number of fused-ring (bicyclic) bond motifs is 1. The second kappa shape index (κ2) is 8.32. The van der Waals surface area contributed by atoms with Crippen LogP contribution >= 0.6 is 0 Å². The van der Waals surface area contributed by atoms with E-state index < -0.39 is 57.2 Å². The normalized spacial score (nSPS) is 34.0. The standard InChI is InChI=1S/C16H22O10S2/c1-21-16-14(26-28(3,19)20)13(25-27(2,17)18)12-11(23-16)9-22-15(24-12)10-7-5-4-6-8-10/h4-8,11-16H,9H2,1-3H3/t11-,12+,13-,14+,15-,16-/m1/s1. The Kier molecular flexibility index (Phi) is 6.41. The zero-order valence-corrected chi connectivity index (χ0v) is 17.1. The first-order valence-electron chi connectivity index (χ1n) is 8.34. The lowest BCUT2D eigenvalue weighted by molar-refractivity contribution is -0.351. The molecule has 1 aromatic rings. The van der Waals surface area contributed by atoms with Gasteiger partial charge >= 0.3 is 0 Å². The lowest BCUT2D eigenvalue weighted by Crippen LogP contribution is -2.64. The van der Waals surface area contributed by atoms with E-state index in [0.29, 0.717) is 5.56 Å². The molecule has 0 N–H and O–H groups in total. The molecule has 1 aromatic carbocycles. The third-order valence-electron chi connectivity index (χ3n) is 4.16. The average molecular weight is 438 g/mol. The monoisotopic (exact) mass is 438 g/mol. The summed E-state index contributed by atoms with van der Waals surface area (Å²) in [4.78, 5) is 0. The highest BCUT2D eigenvalue weighted by atomic mass is 32.2. The topological polar surface area (TPSA) is 124 Å². The van der Waals surface area contributed by atoms with Crippen LogP contribution in [0.15, 0.2) is 30.3 Å². The third kappa shape index (κ3) is 5.27. The summed E-state index contributed by atoms with van der Waals surface area (Å²) in [6.45, 7) is 0.0549. The maximum absolute atomic E-state index is 11.8. The predicted octanol–water partition coefficient (Wildman–Crippen LogP) is 0.162. The highest BCUT2D eigenvalue weighted by Gasteiger charge is 2.54. The molecule has 2 aliphatic rings. The van der Waals surface area contributed by atoms with Crippen molar-refractivity contribution in [2.45, 2.75) is 37.0 Å². The fourth-order valence-corrected chi connectivity index (χ4v) is 4.36. The highest BCUT2D eigenvalue weighted by Crippen LogP contribution is 2.37. The molecule has 2 saturated heterocycles. The Hall–Kier alpha value is -1.12. The molecular weight excluding hydrogens is 416 g/mol. The van der Waals surface area contributed by atoms with Gasteiger partial charge in [0, 0.05) is 12.7 Å². The van der Waals surface area contributed by atoms with Crippen molar-refractivity contribution in [2.24, 2.45) is 0 Å². The summed E-state index contributed by atoms with van der Waals surface area (Å²) in [5, 5.41) is 0. The Morgan fingerprint density at radius 3 is 2.11 bits per heavy atom. The van der Waals surface area contributed by atoms with Crippen molar-refractivity contribution in [1.82, 2.24) is 0 Å². The quantitative estimate of drug-likeness (QED) is 0.567. The molecule has 28 heavy (non-hydrogen) atoms. The summed E-state index contributed by atoms with van der Waals surface area (Å²) in [6.07, 6.45) is -4.79. The summed E-state index contributed by atoms with van der Waals surface area (Å²) in [6, 6.07) is 8.99. The van der Waals surface area contributed by atoms with Gasteiger partial charge in [-0.15, -0.1) is 0 Å². The smallest absolute Gasteiger partial charge is 0.264 e. The molecule has 0 saturated carbocycles. The van der Waals surface area contributed by atoms with Gasteiger partial charge in [-0.3, -0.25) is 8.37 Å². The van der Waals surface area contributed by atoms with Crippen LogP contribution in [0.25, 0.3) is 0 Å². The van der Waals surface area contributed by atoms with Gasteiger partial charge in [-0.1, -0.05) is 30.3 Å². The number of ether oxygens (including phenoxy) is 4. The van der Waals surface area contributed by atoms with Crippen LogP contribution in [0.5, 0.6) is 0 Å². The van der Waals surface area contributed by atoms with Crippen molar-refractivity contribution >= 4 is 20.2 Å². The minimum Gasteiger partial charge on any atom is -0.353 e. The molecule has 2 heterocycles. The molecule has 12 heteroatoms. The first-order valence-corrected chi connectivity index (χ1v) is 12.0. The van der Waals surface area contributed by atoms with Gasteiger partial charge in [0.2, 0.25) is 0 Å². The summed E-state index contributed by atoms with van der Waals surface area (Å²) >= 11 is 0. The minimum absolute atomic E-state index is 0.0549. The second-order valence-electron chi connectivity index (χ2n) is 6.49. The van der Waals surface area contributed by atoms with E-state index in [2.05, 4.69) is 0 Å². The fraction of sp³-hybridized carbons (Fsp3) is 0.625. The Morgan fingerprint density at radius 1 is 0.929 bits per heavy atom. The molecular formula is C16H22O10S2. The summed E-state index contributed by atoms with van der Waals surface area (Å²) in [5.41, 5.74) is 0.702. The van der Waals surface area contributed by atoms with Crippen molar-refractivity contribution in [3.63, 3.8) is 0 Å². The first-order chi connectivity index (χ1) is 13.1. The van der Waals surface area contributed by atoms with E-state index in [4.69, 9.17) is 27.3 Å². The van der Waals surface area contributed by atoms with Crippen molar-refractivity contribution < 1.29 is 44.1 Å². The minimum atomic E-state index is -3.98. The highest BCUT2D eigenvalue weighted by molar-refractivity contribution is 7.86. The molecule has 3 rings (SSSR count). The molecule has 6 atom stereocenters. The molecule has 0 bridgehead atoms. The molecule has 2 aliphatic heterocycles. The van der Waals surface area contributed by atoms with Gasteiger partial charge in [0.25, 0.3) is 20.2 Å². The zero-order chi connectivity index (χ0) is 20.5. The summed E-state index contributed by atoms with van der Waals surface area (Å²) < 4.78 is 79.7. The van der Waals surface area contributed by atoms with Crippen molar-refractivity contribution in [3.05, 3.63) is 35.9 Å². The Bertz CT molecular complexity index is 870. The molecule has 158 valence electrons. The van der Waals surface area contributed by atoms with Crippen LogP contribution in [0.4, 0.5) is 0 Å². The van der Waals surface area contributed by atoms with E-state index in [0.717, 1.165) is 12.5 Å². The van der Waals surface area contributed by atoms with Crippen LogP contribution in [-0.4, -0.2) is 73.8 Å². The zero-order valence-electron chi connectivity index (χ0n) is 15.5. The van der Waals surface area contributed by atoms with Crippen molar-refractivity contribution in [1.29, 1.82) is 0 Å². The lowest BCUT2D eigenvalue weighted by atomic mass is 9.98. The van der Waals surface area contributed by atoms with Crippen LogP contribution in [0.2, 0.25) is 0 Å². The molecule has 0 unspecified atom stereocenters. The SMILES string of the molecule is CO[C@@H]1O[C@@H]2CO[C@@H](c3ccccc3)O[C@@H]2[C@@H](OS(C)(=O)=O)[C@@H]1OS(C)(=O)=O. The molecule has 0 aliphatic carbocycles. The summed E-state index contributed by atoms with van der Waals surface area (Å²) in [5.74, 6) is 0. The predicted molar refractivity (Wildman–Crippen MR) is 95.1 cm³/mol. The number of benzene rings is 1. The largest absolute Gasteiger partial charge is 0.353 e. The molecule has 0 radical (unpaired) electrons. The molecule has 0 spiro atoms. The average Bonchev–Trinajstić information content (AvgIpc) is 2.61.